The molecule has 0 radical (unpaired) electrons. The van der Waals surface area contributed by atoms with E-state index in [2.05, 4.69) is 24.0 Å². The summed E-state index contributed by atoms with van der Waals surface area (Å²) in [4.78, 5) is 0. The van der Waals surface area contributed by atoms with E-state index in [-0.39, 0.29) is 12.6 Å². The van der Waals surface area contributed by atoms with Gasteiger partial charge in [0, 0.05) is 6.04 Å². The summed E-state index contributed by atoms with van der Waals surface area (Å²) in [6, 6.07) is -0.294. The average molecular weight is 274 g/mol. The van der Waals surface area contributed by atoms with Gasteiger partial charge in [0.1, 0.15) is 6.61 Å². The molecule has 3 nitrogen and oxygen atoms in total. The Morgan fingerprint density at radius 1 is 1.22 bits per heavy atom. The van der Waals surface area contributed by atoms with Gasteiger partial charge in [0.25, 0.3) is 0 Å². The van der Waals surface area contributed by atoms with E-state index in [0.717, 1.165) is 12.8 Å². The maximum atomic E-state index is 12.5. The second-order valence-electron chi connectivity index (χ2n) is 4.77. The molecule has 0 aliphatic heterocycles. The highest BCUT2D eigenvalue weighted by atomic mass is 19.3. The van der Waals surface area contributed by atoms with Crippen LogP contribution >= 0.6 is 0 Å². The van der Waals surface area contributed by atoms with Crippen LogP contribution in [0.3, 0.4) is 0 Å². The largest absolute Gasteiger partial charge is 0.373 e. The first-order valence-corrected chi connectivity index (χ1v) is 5.99. The van der Waals surface area contributed by atoms with Crippen molar-refractivity contribution in [3.05, 3.63) is 0 Å². The summed E-state index contributed by atoms with van der Waals surface area (Å²) in [6.45, 7) is 2.76. The molecular formula is C11H22F4N2O. The van der Waals surface area contributed by atoms with E-state index in [9.17, 15) is 17.6 Å². The lowest BCUT2D eigenvalue weighted by molar-refractivity contribution is -0.167. The van der Waals surface area contributed by atoms with Gasteiger partial charge >= 0.3 is 12.3 Å². The first-order chi connectivity index (χ1) is 8.29. The van der Waals surface area contributed by atoms with Crippen LogP contribution in [0.5, 0.6) is 0 Å². The highest BCUT2D eigenvalue weighted by Crippen LogP contribution is 2.22. The Labute approximate surface area is 105 Å². The lowest BCUT2D eigenvalue weighted by Crippen LogP contribution is -2.41. The van der Waals surface area contributed by atoms with Crippen molar-refractivity contribution in [2.75, 3.05) is 13.2 Å². The summed E-state index contributed by atoms with van der Waals surface area (Å²) in [5.41, 5.74) is 2.43. The van der Waals surface area contributed by atoms with Crippen LogP contribution in [0.4, 0.5) is 17.6 Å². The van der Waals surface area contributed by atoms with Crippen molar-refractivity contribution in [2.24, 2.45) is 11.8 Å². The molecule has 1 unspecified atom stereocenters. The SMILES string of the molecule is CC(C)CCCC(COCC(F)(F)C(F)F)NN. The fourth-order valence-electron chi connectivity index (χ4n) is 1.39. The number of ether oxygens (including phenoxy) is 1. The molecule has 0 aliphatic rings. The number of hydrogen-bond acceptors (Lipinski definition) is 3. The topological polar surface area (TPSA) is 47.3 Å². The first-order valence-electron chi connectivity index (χ1n) is 5.99. The van der Waals surface area contributed by atoms with Gasteiger partial charge in [-0.05, 0) is 12.3 Å². The van der Waals surface area contributed by atoms with E-state index < -0.39 is 19.0 Å². The Morgan fingerprint density at radius 3 is 2.28 bits per heavy atom. The van der Waals surface area contributed by atoms with Crippen molar-refractivity contribution in [3.63, 3.8) is 0 Å². The smallest absolute Gasteiger partial charge is 0.330 e. The number of rotatable bonds is 10. The molecule has 0 aromatic carbocycles. The van der Waals surface area contributed by atoms with Crippen molar-refractivity contribution >= 4 is 0 Å². The van der Waals surface area contributed by atoms with Gasteiger partial charge in [-0.25, -0.2) is 8.78 Å². The van der Waals surface area contributed by atoms with Crippen LogP contribution in [-0.2, 0) is 4.74 Å². The molecule has 0 amide bonds. The van der Waals surface area contributed by atoms with Crippen LogP contribution < -0.4 is 11.3 Å². The van der Waals surface area contributed by atoms with Crippen molar-refractivity contribution in [2.45, 2.75) is 51.5 Å². The highest BCUT2D eigenvalue weighted by Gasteiger charge is 2.41. The minimum absolute atomic E-state index is 0.100. The van der Waals surface area contributed by atoms with Crippen LogP contribution in [0.15, 0.2) is 0 Å². The van der Waals surface area contributed by atoms with Crippen molar-refractivity contribution in [3.8, 4) is 0 Å². The molecule has 7 heteroatoms. The third-order valence-electron chi connectivity index (χ3n) is 2.50. The van der Waals surface area contributed by atoms with Gasteiger partial charge in [-0.1, -0.05) is 26.7 Å². The number of alkyl halides is 4. The van der Waals surface area contributed by atoms with Crippen LogP contribution in [0.1, 0.15) is 33.1 Å². The van der Waals surface area contributed by atoms with Crippen LogP contribution in [0, 0.1) is 5.92 Å². The summed E-state index contributed by atoms with van der Waals surface area (Å²) in [5, 5.41) is 0. The Balaban J connectivity index is 3.80. The zero-order valence-electron chi connectivity index (χ0n) is 10.8. The Bertz CT molecular complexity index is 215. The van der Waals surface area contributed by atoms with Gasteiger partial charge < -0.3 is 4.74 Å². The minimum atomic E-state index is -4.10. The van der Waals surface area contributed by atoms with Crippen LogP contribution in [-0.4, -0.2) is 31.6 Å². The summed E-state index contributed by atoms with van der Waals surface area (Å²) in [6.07, 6.45) is -1.18. The second kappa shape index (κ2) is 8.66. The van der Waals surface area contributed by atoms with Gasteiger partial charge in [-0.3, -0.25) is 11.3 Å². The fraction of sp³-hybridized carbons (Fsp3) is 1.00. The number of nitrogens with one attached hydrogen (secondary N) is 1. The third-order valence-corrected chi connectivity index (χ3v) is 2.50. The maximum absolute atomic E-state index is 12.5. The first kappa shape index (κ1) is 17.6. The average Bonchev–Trinajstić information content (AvgIpc) is 2.26. The summed E-state index contributed by atoms with van der Waals surface area (Å²) >= 11 is 0. The van der Waals surface area contributed by atoms with Gasteiger partial charge in [0.2, 0.25) is 0 Å². The highest BCUT2D eigenvalue weighted by molar-refractivity contribution is 4.69. The number of hydrazine groups is 1. The standard InChI is InChI=1S/C11H22F4N2O/c1-8(2)4-3-5-9(17-16)6-18-7-11(14,15)10(12)13/h8-10,17H,3-7,16H2,1-2H3. The van der Waals surface area contributed by atoms with E-state index in [0.29, 0.717) is 12.3 Å². The molecule has 0 heterocycles. The van der Waals surface area contributed by atoms with Crippen LogP contribution in [0.2, 0.25) is 0 Å². The lowest BCUT2D eigenvalue weighted by atomic mass is 10.0. The van der Waals surface area contributed by atoms with Crippen molar-refractivity contribution in [1.82, 2.24) is 5.43 Å². The molecule has 0 aliphatic carbocycles. The van der Waals surface area contributed by atoms with E-state index in [4.69, 9.17) is 5.84 Å². The van der Waals surface area contributed by atoms with E-state index in [1.807, 2.05) is 0 Å². The number of nitrogens with two attached hydrogens (primary N) is 1. The molecule has 0 aromatic heterocycles. The molecule has 0 aromatic rings. The third kappa shape index (κ3) is 7.84. The molecule has 0 fully saturated rings. The maximum Gasteiger partial charge on any atom is 0.330 e. The molecule has 3 N–H and O–H groups in total. The summed E-state index contributed by atoms with van der Waals surface area (Å²) < 4.78 is 53.3. The van der Waals surface area contributed by atoms with Crippen molar-refractivity contribution in [1.29, 1.82) is 0 Å². The quantitative estimate of drug-likeness (QED) is 0.365. The normalized spacial score (nSPS) is 14.5. The molecule has 0 bridgehead atoms. The Hall–Kier alpha value is -0.400. The Morgan fingerprint density at radius 2 is 1.83 bits per heavy atom. The molecule has 0 spiro atoms. The molecule has 0 rings (SSSR count). The predicted octanol–water partition coefficient (Wildman–Crippen LogP) is 2.56. The number of hydrogen-bond donors (Lipinski definition) is 2. The summed E-state index contributed by atoms with van der Waals surface area (Å²) in [7, 11) is 0. The molecule has 1 atom stereocenters. The monoisotopic (exact) mass is 274 g/mol. The van der Waals surface area contributed by atoms with E-state index in [1.165, 1.54) is 0 Å². The zero-order chi connectivity index (χ0) is 14.2. The Kier molecular flexibility index (Phi) is 8.47. The minimum Gasteiger partial charge on any atom is -0.373 e. The second-order valence-corrected chi connectivity index (χ2v) is 4.77. The van der Waals surface area contributed by atoms with E-state index in [1.54, 1.807) is 0 Å². The lowest BCUT2D eigenvalue weighted by Gasteiger charge is -2.19. The van der Waals surface area contributed by atoms with E-state index >= 15 is 0 Å². The predicted molar refractivity (Wildman–Crippen MR) is 61.6 cm³/mol. The molecule has 0 saturated carbocycles. The number of halogens is 4. The van der Waals surface area contributed by atoms with Crippen LogP contribution in [0.25, 0.3) is 0 Å². The van der Waals surface area contributed by atoms with Gasteiger partial charge in [-0.15, -0.1) is 0 Å². The van der Waals surface area contributed by atoms with Gasteiger partial charge in [-0.2, -0.15) is 8.78 Å². The zero-order valence-corrected chi connectivity index (χ0v) is 10.8. The van der Waals surface area contributed by atoms with Gasteiger partial charge in [0.15, 0.2) is 0 Å². The summed E-state index contributed by atoms with van der Waals surface area (Å²) in [5.74, 6) is 1.68. The van der Waals surface area contributed by atoms with Gasteiger partial charge in [0.05, 0.1) is 6.61 Å². The molecule has 110 valence electrons. The molecular weight excluding hydrogens is 252 g/mol. The fourth-order valence-corrected chi connectivity index (χ4v) is 1.39. The molecule has 18 heavy (non-hydrogen) atoms. The molecule has 0 saturated heterocycles. The van der Waals surface area contributed by atoms with Crippen molar-refractivity contribution < 1.29 is 22.3 Å².